The summed E-state index contributed by atoms with van der Waals surface area (Å²) < 4.78 is 5.91. The minimum Gasteiger partial charge on any atom is -0.459 e. The molecule has 140 valence electrons. The summed E-state index contributed by atoms with van der Waals surface area (Å²) >= 11 is 0. The average molecular weight is 356 g/mol. The summed E-state index contributed by atoms with van der Waals surface area (Å²) in [5.41, 5.74) is 0.889. The number of para-hydroxylation sites is 1. The normalized spacial score (nSPS) is 15.7. The first-order valence-electron chi connectivity index (χ1n) is 9.48. The van der Waals surface area contributed by atoms with E-state index in [2.05, 4.69) is 27.0 Å². The minimum absolute atomic E-state index is 0.00151. The van der Waals surface area contributed by atoms with Crippen molar-refractivity contribution in [3.63, 3.8) is 0 Å². The summed E-state index contributed by atoms with van der Waals surface area (Å²) in [4.78, 5) is 16.3. The van der Waals surface area contributed by atoms with E-state index >= 15 is 0 Å². The van der Waals surface area contributed by atoms with Crippen LogP contribution in [0, 0.1) is 0 Å². The number of benzene rings is 1. The van der Waals surface area contributed by atoms with E-state index in [0.717, 1.165) is 48.5 Å². The summed E-state index contributed by atoms with van der Waals surface area (Å²) in [5, 5.41) is 10.7. The zero-order chi connectivity index (χ0) is 18.4. The molecule has 1 amide bonds. The van der Waals surface area contributed by atoms with Gasteiger partial charge < -0.3 is 20.4 Å². The molecule has 26 heavy (non-hydrogen) atoms. The Morgan fingerprint density at radius 3 is 2.88 bits per heavy atom. The zero-order valence-corrected chi connectivity index (χ0v) is 15.5. The molecule has 1 aliphatic rings. The van der Waals surface area contributed by atoms with Gasteiger partial charge in [0.15, 0.2) is 5.96 Å². The molecule has 2 aromatic rings. The molecule has 3 N–H and O–H groups in total. The monoisotopic (exact) mass is 356 g/mol. The highest BCUT2D eigenvalue weighted by Gasteiger charge is 2.22. The second kappa shape index (κ2) is 8.74. The Labute approximate surface area is 154 Å². The van der Waals surface area contributed by atoms with E-state index in [1.807, 2.05) is 38.1 Å². The number of carbonyl (C=O) groups is 1. The van der Waals surface area contributed by atoms with Crippen molar-refractivity contribution in [1.82, 2.24) is 16.0 Å². The Morgan fingerprint density at radius 2 is 2.15 bits per heavy atom. The smallest absolute Gasteiger partial charge is 0.220 e. The number of amides is 1. The molecule has 1 aromatic carbocycles. The third-order valence-corrected chi connectivity index (χ3v) is 4.34. The van der Waals surface area contributed by atoms with E-state index in [1.54, 1.807) is 0 Å². The molecule has 1 saturated carbocycles. The summed E-state index contributed by atoms with van der Waals surface area (Å²) in [6.45, 7) is 5.47. The van der Waals surface area contributed by atoms with Gasteiger partial charge in [0.05, 0.1) is 6.04 Å². The van der Waals surface area contributed by atoms with E-state index in [-0.39, 0.29) is 11.9 Å². The van der Waals surface area contributed by atoms with Crippen LogP contribution in [-0.4, -0.2) is 31.0 Å². The van der Waals surface area contributed by atoms with Gasteiger partial charge in [0.1, 0.15) is 11.3 Å². The predicted octanol–water partition coefficient (Wildman–Crippen LogP) is 3.11. The number of nitrogens with one attached hydrogen (secondary N) is 3. The number of fused-ring (bicyclic) bond motifs is 1. The quantitative estimate of drug-likeness (QED) is 0.386. The van der Waals surface area contributed by atoms with Gasteiger partial charge in [-0.3, -0.25) is 9.79 Å². The van der Waals surface area contributed by atoms with Crippen molar-refractivity contribution in [3.8, 4) is 0 Å². The second-order valence-electron chi connectivity index (χ2n) is 6.76. The van der Waals surface area contributed by atoms with Gasteiger partial charge >= 0.3 is 0 Å². The van der Waals surface area contributed by atoms with Crippen molar-refractivity contribution < 1.29 is 9.21 Å². The lowest BCUT2D eigenvalue weighted by molar-refractivity contribution is -0.121. The van der Waals surface area contributed by atoms with Crippen LogP contribution >= 0.6 is 0 Å². The van der Waals surface area contributed by atoms with Crippen molar-refractivity contribution >= 4 is 22.8 Å². The largest absolute Gasteiger partial charge is 0.459 e. The standard InChI is InChI=1S/C20H28N4O2/c1-3-21-20(22-12-6-9-19(25)24-16-10-11-16)23-14(2)18-13-15-7-4-5-8-17(15)26-18/h4-5,7-8,13-14,16H,3,6,9-12H2,1-2H3,(H,24,25)(H2,21,22,23). The molecule has 6 nitrogen and oxygen atoms in total. The van der Waals surface area contributed by atoms with E-state index in [4.69, 9.17) is 4.42 Å². The summed E-state index contributed by atoms with van der Waals surface area (Å²) in [5.74, 6) is 1.75. The number of nitrogens with zero attached hydrogens (tertiary/aromatic N) is 1. The minimum atomic E-state index is -0.00151. The van der Waals surface area contributed by atoms with E-state index in [9.17, 15) is 4.79 Å². The maximum absolute atomic E-state index is 11.7. The molecule has 1 atom stereocenters. The fourth-order valence-electron chi connectivity index (χ4n) is 2.77. The van der Waals surface area contributed by atoms with Gasteiger partial charge in [-0.25, -0.2) is 0 Å². The van der Waals surface area contributed by atoms with E-state index in [1.165, 1.54) is 0 Å². The van der Waals surface area contributed by atoms with Gasteiger partial charge in [-0.05, 0) is 45.2 Å². The highest BCUT2D eigenvalue weighted by Crippen LogP contribution is 2.23. The van der Waals surface area contributed by atoms with Gasteiger partial charge in [-0.15, -0.1) is 0 Å². The maximum Gasteiger partial charge on any atom is 0.220 e. The number of rotatable bonds is 8. The predicted molar refractivity (Wildman–Crippen MR) is 104 cm³/mol. The first kappa shape index (κ1) is 18.3. The number of carbonyl (C=O) groups excluding carboxylic acids is 1. The maximum atomic E-state index is 11.7. The number of furan rings is 1. The van der Waals surface area contributed by atoms with Crippen LogP contribution in [0.2, 0.25) is 0 Å². The van der Waals surface area contributed by atoms with Crippen LogP contribution in [0.5, 0.6) is 0 Å². The van der Waals surface area contributed by atoms with Crippen LogP contribution in [0.15, 0.2) is 39.7 Å². The molecule has 1 aromatic heterocycles. The fourth-order valence-corrected chi connectivity index (χ4v) is 2.77. The van der Waals surface area contributed by atoms with Crippen molar-refractivity contribution in [2.24, 2.45) is 4.99 Å². The first-order valence-corrected chi connectivity index (χ1v) is 9.48. The van der Waals surface area contributed by atoms with Crippen molar-refractivity contribution in [3.05, 3.63) is 36.1 Å². The lowest BCUT2D eigenvalue weighted by Crippen LogP contribution is -2.38. The Balaban J connectivity index is 1.51. The second-order valence-corrected chi connectivity index (χ2v) is 6.76. The molecular formula is C20H28N4O2. The SMILES string of the molecule is CCNC(=NCCCC(=O)NC1CC1)NC(C)c1cc2ccccc2o1. The van der Waals surface area contributed by atoms with E-state index in [0.29, 0.717) is 19.0 Å². The molecule has 6 heteroatoms. The Kier molecular flexibility index (Phi) is 6.15. The molecular weight excluding hydrogens is 328 g/mol. The highest BCUT2D eigenvalue weighted by atomic mass is 16.3. The number of hydrogen-bond acceptors (Lipinski definition) is 3. The molecule has 0 radical (unpaired) electrons. The summed E-state index contributed by atoms with van der Waals surface area (Å²) in [7, 11) is 0. The number of guanidine groups is 1. The van der Waals surface area contributed by atoms with Gasteiger partial charge in [0.2, 0.25) is 5.91 Å². The third-order valence-electron chi connectivity index (χ3n) is 4.34. The van der Waals surface area contributed by atoms with Crippen LogP contribution in [0.3, 0.4) is 0 Å². The fraction of sp³-hybridized carbons (Fsp3) is 0.500. The molecule has 1 heterocycles. The topological polar surface area (TPSA) is 78.7 Å². The van der Waals surface area contributed by atoms with Crippen molar-refractivity contribution in [2.45, 2.75) is 51.6 Å². The van der Waals surface area contributed by atoms with Crippen molar-refractivity contribution in [1.29, 1.82) is 0 Å². The lowest BCUT2D eigenvalue weighted by atomic mass is 10.2. The van der Waals surface area contributed by atoms with Crippen LogP contribution in [0.1, 0.15) is 51.3 Å². The Morgan fingerprint density at radius 1 is 1.35 bits per heavy atom. The summed E-state index contributed by atoms with van der Waals surface area (Å²) in [6, 6.07) is 10.5. The molecule has 1 fully saturated rings. The highest BCUT2D eigenvalue weighted by molar-refractivity contribution is 5.81. The van der Waals surface area contributed by atoms with E-state index < -0.39 is 0 Å². The molecule has 3 rings (SSSR count). The number of hydrogen-bond donors (Lipinski definition) is 3. The Bertz CT molecular complexity index is 731. The third kappa shape index (κ3) is 5.25. The van der Waals surface area contributed by atoms with Crippen molar-refractivity contribution in [2.75, 3.05) is 13.1 Å². The molecule has 1 aliphatic carbocycles. The summed E-state index contributed by atoms with van der Waals surface area (Å²) in [6.07, 6.45) is 3.52. The molecule has 0 spiro atoms. The van der Waals surface area contributed by atoms with Crippen LogP contribution in [-0.2, 0) is 4.79 Å². The molecule has 1 unspecified atom stereocenters. The van der Waals surface area contributed by atoms with Crippen LogP contribution in [0.25, 0.3) is 11.0 Å². The Hall–Kier alpha value is -2.50. The van der Waals surface area contributed by atoms with Crippen LogP contribution < -0.4 is 16.0 Å². The lowest BCUT2D eigenvalue weighted by Gasteiger charge is -2.16. The van der Waals surface area contributed by atoms with Crippen LogP contribution in [0.4, 0.5) is 0 Å². The average Bonchev–Trinajstić information content (AvgIpc) is 3.32. The van der Waals surface area contributed by atoms with Gasteiger partial charge in [-0.1, -0.05) is 18.2 Å². The molecule has 0 bridgehead atoms. The van der Waals surface area contributed by atoms with Gasteiger partial charge in [-0.2, -0.15) is 0 Å². The number of aliphatic imine (C=N–C) groups is 1. The molecule has 0 aliphatic heterocycles. The first-order chi connectivity index (χ1) is 12.7. The zero-order valence-electron chi connectivity index (χ0n) is 15.5. The molecule has 0 saturated heterocycles. The van der Waals surface area contributed by atoms with Gasteiger partial charge in [0, 0.05) is 30.9 Å². The van der Waals surface area contributed by atoms with Gasteiger partial charge in [0.25, 0.3) is 0 Å².